The first-order valence-corrected chi connectivity index (χ1v) is 8.63. The predicted molar refractivity (Wildman–Crippen MR) is 97.0 cm³/mol. The first-order valence-electron chi connectivity index (χ1n) is 8.63. The van der Waals surface area contributed by atoms with Crippen molar-refractivity contribution in [1.82, 2.24) is 9.97 Å². The van der Waals surface area contributed by atoms with Crippen molar-refractivity contribution >= 4 is 11.6 Å². The van der Waals surface area contributed by atoms with Gasteiger partial charge in [-0.2, -0.15) is 15.1 Å². The Bertz CT molecular complexity index is 747. The Morgan fingerprint density at radius 1 is 1.23 bits per heavy atom. The molecule has 1 saturated heterocycles. The highest BCUT2D eigenvalue weighted by atomic mass is 16.5. The van der Waals surface area contributed by atoms with E-state index < -0.39 is 0 Å². The molecule has 26 heavy (non-hydrogen) atoms. The number of ether oxygens (including phenoxy) is 2. The summed E-state index contributed by atoms with van der Waals surface area (Å²) < 4.78 is 10.8. The third kappa shape index (κ3) is 5.21. The first-order chi connectivity index (χ1) is 12.7. The molecule has 1 fully saturated rings. The van der Waals surface area contributed by atoms with E-state index in [1.165, 1.54) is 5.56 Å². The third-order valence-corrected chi connectivity index (χ3v) is 3.85. The van der Waals surface area contributed by atoms with Crippen LogP contribution in [0.4, 0.5) is 11.6 Å². The van der Waals surface area contributed by atoms with Gasteiger partial charge in [0.1, 0.15) is 12.4 Å². The SMILES string of the molecule is Cc1cccc(CN=Nc2cc(N3CCOCC3)nc(OCCO)n2)c1. The molecule has 1 aromatic heterocycles. The van der Waals surface area contributed by atoms with Gasteiger partial charge in [0.25, 0.3) is 0 Å². The summed E-state index contributed by atoms with van der Waals surface area (Å²) in [6.45, 7) is 5.35. The van der Waals surface area contributed by atoms with Gasteiger partial charge in [-0.3, -0.25) is 0 Å². The van der Waals surface area contributed by atoms with Crippen LogP contribution in [0.2, 0.25) is 0 Å². The number of benzene rings is 1. The van der Waals surface area contributed by atoms with Crippen LogP contribution in [0.1, 0.15) is 11.1 Å². The molecule has 0 radical (unpaired) electrons. The molecule has 8 heteroatoms. The molecule has 1 aliphatic heterocycles. The number of aryl methyl sites for hydroxylation is 1. The summed E-state index contributed by atoms with van der Waals surface area (Å²) in [4.78, 5) is 10.7. The summed E-state index contributed by atoms with van der Waals surface area (Å²) in [6, 6.07) is 10.1. The van der Waals surface area contributed by atoms with E-state index in [1.807, 2.05) is 25.1 Å². The Labute approximate surface area is 152 Å². The van der Waals surface area contributed by atoms with E-state index in [2.05, 4.69) is 31.2 Å². The van der Waals surface area contributed by atoms with Crippen molar-refractivity contribution in [3.8, 4) is 6.01 Å². The van der Waals surface area contributed by atoms with Gasteiger partial charge in [0.05, 0.1) is 26.4 Å². The summed E-state index contributed by atoms with van der Waals surface area (Å²) >= 11 is 0. The summed E-state index contributed by atoms with van der Waals surface area (Å²) in [5.41, 5.74) is 2.28. The monoisotopic (exact) mass is 357 g/mol. The Morgan fingerprint density at radius 3 is 2.85 bits per heavy atom. The lowest BCUT2D eigenvalue weighted by molar-refractivity contribution is 0.122. The van der Waals surface area contributed by atoms with Crippen molar-refractivity contribution in [1.29, 1.82) is 0 Å². The van der Waals surface area contributed by atoms with Gasteiger partial charge in [0.2, 0.25) is 0 Å². The highest BCUT2D eigenvalue weighted by molar-refractivity contribution is 5.47. The van der Waals surface area contributed by atoms with Crippen LogP contribution in [0.15, 0.2) is 40.6 Å². The number of hydrogen-bond donors (Lipinski definition) is 1. The Balaban J connectivity index is 1.76. The van der Waals surface area contributed by atoms with Crippen LogP contribution in [0.25, 0.3) is 0 Å². The molecular formula is C18H23N5O3. The van der Waals surface area contributed by atoms with Crippen molar-refractivity contribution in [2.45, 2.75) is 13.5 Å². The summed E-state index contributed by atoms with van der Waals surface area (Å²) in [6.07, 6.45) is 0. The largest absolute Gasteiger partial charge is 0.461 e. The highest BCUT2D eigenvalue weighted by Gasteiger charge is 2.15. The van der Waals surface area contributed by atoms with E-state index in [0.717, 1.165) is 24.5 Å². The van der Waals surface area contributed by atoms with E-state index in [0.29, 0.717) is 25.6 Å². The third-order valence-electron chi connectivity index (χ3n) is 3.85. The standard InChI is InChI=1S/C18H23N5O3/c1-14-3-2-4-15(11-14)13-19-22-16-12-17(23-5-8-25-9-6-23)21-18(20-16)26-10-7-24/h2-4,11-12,24H,5-10,13H2,1H3. The molecule has 138 valence electrons. The van der Waals surface area contributed by atoms with Gasteiger partial charge < -0.3 is 19.5 Å². The average molecular weight is 357 g/mol. The van der Waals surface area contributed by atoms with Gasteiger partial charge in [-0.15, -0.1) is 5.11 Å². The maximum Gasteiger partial charge on any atom is 0.320 e. The van der Waals surface area contributed by atoms with Gasteiger partial charge in [-0.05, 0) is 12.5 Å². The van der Waals surface area contributed by atoms with Gasteiger partial charge in [0.15, 0.2) is 5.82 Å². The van der Waals surface area contributed by atoms with Crippen molar-refractivity contribution in [2.75, 3.05) is 44.4 Å². The van der Waals surface area contributed by atoms with E-state index in [4.69, 9.17) is 14.6 Å². The lowest BCUT2D eigenvalue weighted by Crippen LogP contribution is -2.36. The molecule has 1 aromatic carbocycles. The maximum absolute atomic E-state index is 8.96. The molecule has 0 aliphatic carbocycles. The van der Waals surface area contributed by atoms with Crippen molar-refractivity contribution in [2.24, 2.45) is 10.2 Å². The molecule has 0 saturated carbocycles. The van der Waals surface area contributed by atoms with Crippen LogP contribution in [0.5, 0.6) is 6.01 Å². The number of aliphatic hydroxyl groups is 1. The van der Waals surface area contributed by atoms with Crippen LogP contribution in [-0.4, -0.2) is 54.6 Å². The molecule has 0 bridgehead atoms. The van der Waals surface area contributed by atoms with Crippen molar-refractivity contribution in [3.05, 3.63) is 41.5 Å². The number of azo groups is 1. The minimum atomic E-state index is -0.102. The minimum Gasteiger partial charge on any atom is -0.461 e. The molecule has 1 aliphatic rings. The number of rotatable bonds is 7. The lowest BCUT2D eigenvalue weighted by atomic mass is 10.1. The fraction of sp³-hybridized carbons (Fsp3) is 0.444. The lowest BCUT2D eigenvalue weighted by Gasteiger charge is -2.27. The van der Waals surface area contributed by atoms with E-state index >= 15 is 0 Å². The van der Waals surface area contributed by atoms with Gasteiger partial charge in [0, 0.05) is 19.2 Å². The molecule has 1 N–H and O–H groups in total. The molecule has 2 heterocycles. The number of nitrogens with zero attached hydrogens (tertiary/aromatic N) is 5. The number of morpholine rings is 1. The van der Waals surface area contributed by atoms with Crippen LogP contribution in [0.3, 0.4) is 0 Å². The highest BCUT2D eigenvalue weighted by Crippen LogP contribution is 2.23. The Kier molecular flexibility index (Phi) is 6.45. The van der Waals surface area contributed by atoms with Gasteiger partial charge >= 0.3 is 6.01 Å². The molecule has 0 unspecified atom stereocenters. The fourth-order valence-corrected chi connectivity index (χ4v) is 2.61. The zero-order chi connectivity index (χ0) is 18.2. The molecule has 8 nitrogen and oxygen atoms in total. The van der Waals surface area contributed by atoms with Crippen molar-refractivity contribution in [3.63, 3.8) is 0 Å². The number of aromatic nitrogens is 2. The second-order valence-electron chi connectivity index (χ2n) is 5.93. The predicted octanol–water partition coefficient (Wildman–Crippen LogP) is 2.28. The van der Waals surface area contributed by atoms with Crippen molar-refractivity contribution < 1.29 is 14.6 Å². The quantitative estimate of drug-likeness (QED) is 0.764. The smallest absolute Gasteiger partial charge is 0.320 e. The van der Waals surface area contributed by atoms with Crippen LogP contribution in [0, 0.1) is 6.92 Å². The fourth-order valence-electron chi connectivity index (χ4n) is 2.61. The first kappa shape index (κ1) is 18.2. The van der Waals surface area contributed by atoms with Crippen LogP contribution in [-0.2, 0) is 11.3 Å². The van der Waals surface area contributed by atoms with Crippen LogP contribution >= 0.6 is 0 Å². The topological polar surface area (TPSA) is 92.4 Å². The van der Waals surface area contributed by atoms with Gasteiger partial charge in [-0.25, -0.2) is 0 Å². The molecular weight excluding hydrogens is 334 g/mol. The molecule has 2 aromatic rings. The van der Waals surface area contributed by atoms with E-state index in [9.17, 15) is 0 Å². The molecule has 0 atom stereocenters. The van der Waals surface area contributed by atoms with E-state index in [1.54, 1.807) is 6.07 Å². The summed E-state index contributed by atoms with van der Waals surface area (Å²) in [5, 5.41) is 17.4. The minimum absolute atomic E-state index is 0.102. The second-order valence-corrected chi connectivity index (χ2v) is 5.93. The summed E-state index contributed by atoms with van der Waals surface area (Å²) in [5.74, 6) is 1.16. The molecule has 0 amide bonds. The normalized spacial score (nSPS) is 14.8. The Hall–Kier alpha value is -2.58. The zero-order valence-electron chi connectivity index (χ0n) is 14.8. The number of hydrogen-bond acceptors (Lipinski definition) is 8. The van der Waals surface area contributed by atoms with E-state index in [-0.39, 0.29) is 19.2 Å². The number of aliphatic hydroxyl groups excluding tert-OH is 1. The number of anilines is 1. The Morgan fingerprint density at radius 2 is 2.08 bits per heavy atom. The van der Waals surface area contributed by atoms with Gasteiger partial charge in [-0.1, -0.05) is 29.8 Å². The maximum atomic E-state index is 8.96. The molecule has 0 spiro atoms. The summed E-state index contributed by atoms with van der Waals surface area (Å²) in [7, 11) is 0. The zero-order valence-corrected chi connectivity index (χ0v) is 14.8. The average Bonchev–Trinajstić information content (AvgIpc) is 2.67. The van der Waals surface area contributed by atoms with Crippen LogP contribution < -0.4 is 9.64 Å². The molecule has 3 rings (SSSR count). The second kappa shape index (κ2) is 9.21.